The third-order valence-corrected chi connectivity index (χ3v) is 6.24. The zero-order valence-corrected chi connectivity index (χ0v) is 17.0. The van der Waals surface area contributed by atoms with Crippen LogP contribution >= 0.6 is 0 Å². The van der Waals surface area contributed by atoms with Gasteiger partial charge in [0, 0.05) is 31.1 Å². The summed E-state index contributed by atoms with van der Waals surface area (Å²) in [4.78, 5) is 38.9. The van der Waals surface area contributed by atoms with Crippen LogP contribution < -0.4 is 10.7 Å². The molecule has 7 nitrogen and oxygen atoms in total. The van der Waals surface area contributed by atoms with Gasteiger partial charge in [0.25, 0.3) is 5.91 Å². The van der Waals surface area contributed by atoms with Crippen LogP contribution in [0.1, 0.15) is 47.6 Å². The van der Waals surface area contributed by atoms with Crippen molar-refractivity contribution in [2.75, 3.05) is 13.1 Å². The Morgan fingerprint density at radius 2 is 1.93 bits per heavy atom. The standard InChI is InChI=1S/C23H26N2O5/c1-15-12-18(26)13-19(30-15)22(29)25-11-10-23(20(27)14-25,17-8-3-2-4-9-17)24-21(28)16-6-5-7-16/h2-4,8-9,12-13,16,20,27H,5-7,10-11,14H2,1H3,(H,24,28)/t20-,23+/m1/s1. The molecule has 4 rings (SSSR count). The van der Waals surface area contributed by atoms with Crippen molar-refractivity contribution in [1.29, 1.82) is 0 Å². The lowest BCUT2D eigenvalue weighted by atomic mass is 9.76. The molecule has 1 saturated carbocycles. The molecule has 2 N–H and O–H groups in total. The molecule has 2 amide bonds. The van der Waals surface area contributed by atoms with Gasteiger partial charge in [0.15, 0.2) is 11.2 Å². The Bertz CT molecular complexity index is 998. The maximum absolute atomic E-state index is 12.9. The average molecular weight is 410 g/mol. The van der Waals surface area contributed by atoms with Gasteiger partial charge in [-0.2, -0.15) is 0 Å². The topological polar surface area (TPSA) is 99.9 Å². The number of benzene rings is 1. The molecule has 1 aromatic heterocycles. The second kappa shape index (κ2) is 8.07. The number of aliphatic hydroxyl groups excluding tert-OH is 1. The quantitative estimate of drug-likeness (QED) is 0.803. The Labute approximate surface area is 174 Å². The number of hydrogen-bond donors (Lipinski definition) is 2. The first-order valence-electron chi connectivity index (χ1n) is 10.4. The SMILES string of the molecule is Cc1cc(=O)cc(C(=O)N2CC[C@](NC(=O)C3CCC3)(c3ccccc3)[C@H](O)C2)o1. The van der Waals surface area contributed by atoms with Crippen LogP contribution in [0.2, 0.25) is 0 Å². The molecule has 1 aliphatic heterocycles. The van der Waals surface area contributed by atoms with E-state index in [2.05, 4.69) is 5.32 Å². The number of amides is 2. The van der Waals surface area contributed by atoms with Gasteiger partial charge in [0.05, 0.1) is 11.6 Å². The van der Waals surface area contributed by atoms with E-state index in [0.29, 0.717) is 18.7 Å². The number of piperidine rings is 1. The van der Waals surface area contributed by atoms with Crippen molar-refractivity contribution in [2.24, 2.45) is 5.92 Å². The lowest BCUT2D eigenvalue weighted by Gasteiger charge is -2.47. The maximum atomic E-state index is 12.9. The molecule has 2 aliphatic rings. The van der Waals surface area contributed by atoms with Crippen LogP contribution in [0.15, 0.2) is 51.7 Å². The van der Waals surface area contributed by atoms with Gasteiger partial charge in [0.1, 0.15) is 5.76 Å². The number of aryl methyl sites for hydroxylation is 1. The third-order valence-electron chi connectivity index (χ3n) is 6.24. The van der Waals surface area contributed by atoms with E-state index in [1.165, 1.54) is 17.0 Å². The fourth-order valence-corrected chi connectivity index (χ4v) is 4.27. The highest BCUT2D eigenvalue weighted by atomic mass is 16.3. The summed E-state index contributed by atoms with van der Waals surface area (Å²) >= 11 is 0. The number of carbonyl (C=O) groups excluding carboxylic acids is 2. The van der Waals surface area contributed by atoms with Crippen LogP contribution in [0.3, 0.4) is 0 Å². The highest BCUT2D eigenvalue weighted by Gasteiger charge is 2.47. The van der Waals surface area contributed by atoms with Gasteiger partial charge in [-0.15, -0.1) is 0 Å². The number of β-amino-alcohol motifs (C(OH)–C–C–N with tert-alkyl or cyclic N) is 1. The summed E-state index contributed by atoms with van der Waals surface area (Å²) in [5.74, 6) is -0.192. The summed E-state index contributed by atoms with van der Waals surface area (Å²) in [5, 5.41) is 14.3. The highest BCUT2D eigenvalue weighted by molar-refractivity contribution is 5.91. The molecule has 30 heavy (non-hydrogen) atoms. The number of carbonyl (C=O) groups is 2. The van der Waals surface area contributed by atoms with E-state index in [1.54, 1.807) is 6.92 Å². The summed E-state index contributed by atoms with van der Waals surface area (Å²) < 4.78 is 5.42. The lowest BCUT2D eigenvalue weighted by molar-refractivity contribution is -0.133. The number of nitrogens with zero attached hydrogens (tertiary/aromatic N) is 1. The summed E-state index contributed by atoms with van der Waals surface area (Å²) in [5.41, 5.74) is -0.441. The fraction of sp³-hybridized carbons (Fsp3) is 0.435. The fourth-order valence-electron chi connectivity index (χ4n) is 4.27. The minimum absolute atomic E-state index is 0.0148. The van der Waals surface area contributed by atoms with Crippen LogP contribution in [-0.2, 0) is 10.3 Å². The normalized spacial score (nSPS) is 24.2. The molecule has 158 valence electrons. The molecule has 1 saturated heterocycles. The zero-order chi connectivity index (χ0) is 21.3. The average Bonchev–Trinajstić information content (AvgIpc) is 2.67. The predicted octanol–water partition coefficient (Wildman–Crippen LogP) is 1.97. The van der Waals surface area contributed by atoms with E-state index in [-0.39, 0.29) is 29.6 Å². The van der Waals surface area contributed by atoms with Gasteiger partial charge >= 0.3 is 0 Å². The first kappa shape index (κ1) is 20.3. The molecule has 0 unspecified atom stereocenters. The monoisotopic (exact) mass is 410 g/mol. The number of nitrogens with one attached hydrogen (secondary N) is 1. The minimum Gasteiger partial charge on any atom is -0.456 e. The molecule has 7 heteroatoms. The second-order valence-corrected chi connectivity index (χ2v) is 8.24. The van der Waals surface area contributed by atoms with E-state index in [4.69, 9.17) is 4.42 Å². The van der Waals surface area contributed by atoms with Gasteiger partial charge in [-0.3, -0.25) is 14.4 Å². The highest BCUT2D eigenvalue weighted by Crippen LogP contribution is 2.36. The molecule has 2 fully saturated rings. The van der Waals surface area contributed by atoms with Crippen LogP contribution in [0.5, 0.6) is 0 Å². The lowest BCUT2D eigenvalue weighted by Crippen LogP contribution is -2.63. The molecular weight excluding hydrogens is 384 g/mol. The Balaban J connectivity index is 1.59. The summed E-state index contributed by atoms with van der Waals surface area (Å²) in [7, 11) is 0. The maximum Gasteiger partial charge on any atom is 0.289 e. The number of rotatable bonds is 4. The van der Waals surface area contributed by atoms with Crippen molar-refractivity contribution >= 4 is 11.8 Å². The van der Waals surface area contributed by atoms with Gasteiger partial charge in [-0.25, -0.2) is 0 Å². The molecular formula is C23H26N2O5. The minimum atomic E-state index is -1.00. The number of hydrogen-bond acceptors (Lipinski definition) is 5. The van der Waals surface area contributed by atoms with Gasteiger partial charge in [-0.1, -0.05) is 36.8 Å². The first-order chi connectivity index (χ1) is 14.4. The largest absolute Gasteiger partial charge is 0.456 e. The van der Waals surface area contributed by atoms with Crippen LogP contribution in [0.25, 0.3) is 0 Å². The van der Waals surface area contributed by atoms with E-state index in [0.717, 1.165) is 24.8 Å². The van der Waals surface area contributed by atoms with E-state index in [1.807, 2.05) is 30.3 Å². The molecule has 1 aromatic carbocycles. The van der Waals surface area contributed by atoms with Crippen LogP contribution in [0.4, 0.5) is 0 Å². The van der Waals surface area contributed by atoms with Crippen LogP contribution in [0, 0.1) is 12.8 Å². The van der Waals surface area contributed by atoms with Gasteiger partial charge < -0.3 is 19.7 Å². The molecule has 0 spiro atoms. The zero-order valence-electron chi connectivity index (χ0n) is 17.0. The summed E-state index contributed by atoms with van der Waals surface area (Å²) in [6.45, 7) is 1.95. The Kier molecular flexibility index (Phi) is 5.47. The Hall–Kier alpha value is -2.93. The second-order valence-electron chi connectivity index (χ2n) is 8.24. The third kappa shape index (κ3) is 3.77. The van der Waals surface area contributed by atoms with Crippen molar-refractivity contribution in [3.63, 3.8) is 0 Å². The van der Waals surface area contributed by atoms with Crippen LogP contribution in [-0.4, -0.2) is 41.0 Å². The first-order valence-corrected chi connectivity index (χ1v) is 10.4. The smallest absolute Gasteiger partial charge is 0.289 e. The van der Waals surface area contributed by atoms with E-state index in [9.17, 15) is 19.5 Å². The molecule has 0 bridgehead atoms. The number of aliphatic hydroxyl groups is 1. The Morgan fingerprint density at radius 1 is 1.20 bits per heavy atom. The molecule has 0 radical (unpaired) electrons. The van der Waals surface area contributed by atoms with Crippen molar-refractivity contribution in [1.82, 2.24) is 10.2 Å². The van der Waals surface area contributed by atoms with Crippen molar-refractivity contribution in [3.05, 3.63) is 69.8 Å². The van der Waals surface area contributed by atoms with Gasteiger partial charge in [-0.05, 0) is 31.7 Å². The summed E-state index contributed by atoms with van der Waals surface area (Å²) in [6.07, 6.45) is 2.13. The van der Waals surface area contributed by atoms with Crippen molar-refractivity contribution in [2.45, 2.75) is 44.2 Å². The Morgan fingerprint density at radius 3 is 2.53 bits per heavy atom. The summed E-state index contributed by atoms with van der Waals surface area (Å²) in [6, 6.07) is 11.9. The molecule has 2 aromatic rings. The molecule has 1 aliphatic carbocycles. The van der Waals surface area contributed by atoms with E-state index >= 15 is 0 Å². The predicted molar refractivity (Wildman–Crippen MR) is 110 cm³/mol. The number of likely N-dealkylation sites (tertiary alicyclic amines) is 1. The molecule has 2 heterocycles. The van der Waals surface area contributed by atoms with E-state index < -0.39 is 17.6 Å². The van der Waals surface area contributed by atoms with Gasteiger partial charge in [0.2, 0.25) is 5.91 Å². The van der Waals surface area contributed by atoms with Crippen molar-refractivity contribution in [3.8, 4) is 0 Å². The molecule has 2 atom stereocenters. The van der Waals surface area contributed by atoms with Crippen molar-refractivity contribution < 1.29 is 19.1 Å².